The fourth-order valence-corrected chi connectivity index (χ4v) is 2.12. The third kappa shape index (κ3) is 11.0. The SMILES string of the molecule is CCCCCCCCC(O)NC(CCCC)C(=O)O. The molecule has 2 atom stereocenters. The second-order valence-electron chi connectivity index (χ2n) is 5.27. The molecule has 0 spiro atoms. The van der Waals surface area contributed by atoms with Gasteiger partial charge in [-0.1, -0.05) is 58.8 Å². The molecule has 2 unspecified atom stereocenters. The van der Waals surface area contributed by atoms with Crippen LogP contribution in [0.2, 0.25) is 0 Å². The van der Waals surface area contributed by atoms with Crippen LogP contribution >= 0.6 is 0 Å². The van der Waals surface area contributed by atoms with Gasteiger partial charge in [-0.05, 0) is 19.3 Å². The number of rotatable bonds is 13. The van der Waals surface area contributed by atoms with Crippen LogP contribution in [0.15, 0.2) is 0 Å². The van der Waals surface area contributed by atoms with Crippen LogP contribution in [-0.2, 0) is 4.79 Å². The van der Waals surface area contributed by atoms with Gasteiger partial charge >= 0.3 is 5.97 Å². The van der Waals surface area contributed by atoms with Gasteiger partial charge in [-0.2, -0.15) is 0 Å². The molecule has 0 aromatic carbocycles. The van der Waals surface area contributed by atoms with Crippen molar-refractivity contribution in [2.45, 2.75) is 90.3 Å². The lowest BCUT2D eigenvalue weighted by Gasteiger charge is -2.19. The lowest BCUT2D eigenvalue weighted by Crippen LogP contribution is -2.43. The molecule has 114 valence electrons. The zero-order valence-corrected chi connectivity index (χ0v) is 12.5. The van der Waals surface area contributed by atoms with Crippen LogP contribution in [0.1, 0.15) is 78.1 Å². The number of aliphatic carboxylic acids is 1. The minimum absolute atomic E-state index is 0.583. The molecule has 0 aliphatic carbocycles. The van der Waals surface area contributed by atoms with E-state index in [1.807, 2.05) is 6.92 Å². The van der Waals surface area contributed by atoms with Crippen molar-refractivity contribution >= 4 is 5.97 Å². The van der Waals surface area contributed by atoms with Crippen LogP contribution in [0.3, 0.4) is 0 Å². The van der Waals surface area contributed by atoms with Gasteiger partial charge in [0, 0.05) is 0 Å². The zero-order valence-electron chi connectivity index (χ0n) is 12.5. The molecule has 4 nitrogen and oxygen atoms in total. The van der Waals surface area contributed by atoms with Gasteiger partial charge in [0.1, 0.15) is 12.3 Å². The van der Waals surface area contributed by atoms with Crippen molar-refractivity contribution in [1.29, 1.82) is 0 Å². The number of carbonyl (C=O) groups is 1. The molecule has 0 fully saturated rings. The average molecular weight is 273 g/mol. The fraction of sp³-hybridized carbons (Fsp3) is 0.933. The molecule has 0 saturated carbocycles. The molecule has 3 N–H and O–H groups in total. The lowest BCUT2D eigenvalue weighted by atomic mass is 10.1. The predicted octanol–water partition coefficient (Wildman–Crippen LogP) is 3.29. The fourth-order valence-electron chi connectivity index (χ4n) is 2.12. The first-order valence-corrected chi connectivity index (χ1v) is 7.78. The largest absolute Gasteiger partial charge is 0.480 e. The Morgan fingerprint density at radius 1 is 0.947 bits per heavy atom. The molecular weight excluding hydrogens is 242 g/mol. The van der Waals surface area contributed by atoms with Gasteiger partial charge in [0.2, 0.25) is 0 Å². The lowest BCUT2D eigenvalue weighted by molar-refractivity contribution is -0.140. The molecule has 0 bridgehead atoms. The molecule has 0 aliphatic rings. The van der Waals surface area contributed by atoms with Gasteiger partial charge in [0.15, 0.2) is 0 Å². The Labute approximate surface area is 117 Å². The Balaban J connectivity index is 3.68. The van der Waals surface area contributed by atoms with Crippen LogP contribution in [-0.4, -0.2) is 28.5 Å². The summed E-state index contributed by atoms with van der Waals surface area (Å²) in [5, 5.41) is 21.6. The molecule has 0 rings (SSSR count). The Morgan fingerprint density at radius 2 is 1.53 bits per heavy atom. The number of carboxylic acids is 1. The van der Waals surface area contributed by atoms with Gasteiger partial charge in [-0.25, -0.2) is 0 Å². The third-order valence-electron chi connectivity index (χ3n) is 3.37. The molecule has 0 aromatic heterocycles. The van der Waals surface area contributed by atoms with E-state index in [0.29, 0.717) is 12.8 Å². The summed E-state index contributed by atoms with van der Waals surface area (Å²) in [6.07, 6.45) is 9.43. The molecule has 0 amide bonds. The minimum Gasteiger partial charge on any atom is -0.480 e. The first-order valence-electron chi connectivity index (χ1n) is 7.78. The highest BCUT2D eigenvalue weighted by Gasteiger charge is 2.19. The first kappa shape index (κ1) is 18.4. The summed E-state index contributed by atoms with van der Waals surface area (Å²) in [4.78, 5) is 11.0. The quantitative estimate of drug-likeness (QED) is 0.356. The molecule has 0 radical (unpaired) electrons. The van der Waals surface area contributed by atoms with E-state index in [1.54, 1.807) is 0 Å². The van der Waals surface area contributed by atoms with Crippen molar-refractivity contribution in [2.24, 2.45) is 0 Å². The third-order valence-corrected chi connectivity index (χ3v) is 3.37. The normalized spacial score (nSPS) is 14.3. The number of hydrogen-bond acceptors (Lipinski definition) is 3. The van der Waals surface area contributed by atoms with E-state index >= 15 is 0 Å². The second-order valence-corrected chi connectivity index (χ2v) is 5.27. The maximum atomic E-state index is 11.0. The highest BCUT2D eigenvalue weighted by Crippen LogP contribution is 2.09. The Morgan fingerprint density at radius 3 is 2.11 bits per heavy atom. The summed E-state index contributed by atoms with van der Waals surface area (Å²) in [7, 11) is 0. The smallest absolute Gasteiger partial charge is 0.320 e. The first-order chi connectivity index (χ1) is 9.11. The maximum Gasteiger partial charge on any atom is 0.320 e. The number of aliphatic hydroxyl groups excluding tert-OH is 1. The van der Waals surface area contributed by atoms with Gasteiger partial charge < -0.3 is 10.2 Å². The highest BCUT2D eigenvalue weighted by molar-refractivity contribution is 5.73. The van der Waals surface area contributed by atoms with Gasteiger partial charge in [0.25, 0.3) is 0 Å². The van der Waals surface area contributed by atoms with E-state index in [9.17, 15) is 9.90 Å². The number of carboxylic acid groups (broad SMARTS) is 1. The van der Waals surface area contributed by atoms with Crippen LogP contribution < -0.4 is 5.32 Å². The summed E-state index contributed by atoms with van der Waals surface area (Å²) in [5.41, 5.74) is 0. The number of aliphatic hydroxyl groups is 1. The van der Waals surface area contributed by atoms with Gasteiger partial charge in [-0.15, -0.1) is 0 Å². The minimum atomic E-state index is -0.865. The number of hydrogen-bond donors (Lipinski definition) is 3. The molecule has 0 aromatic rings. The average Bonchev–Trinajstić information content (AvgIpc) is 2.38. The van der Waals surface area contributed by atoms with Crippen molar-refractivity contribution in [1.82, 2.24) is 5.32 Å². The van der Waals surface area contributed by atoms with Crippen molar-refractivity contribution in [3.63, 3.8) is 0 Å². The molecule has 4 heteroatoms. The molecule has 0 aliphatic heterocycles. The predicted molar refractivity (Wildman–Crippen MR) is 78.1 cm³/mol. The molecule has 0 saturated heterocycles. The Bertz CT molecular complexity index is 221. The monoisotopic (exact) mass is 273 g/mol. The van der Waals surface area contributed by atoms with E-state index in [0.717, 1.165) is 25.7 Å². The standard InChI is InChI=1S/C15H31NO3/c1-3-5-7-8-9-10-12-14(17)16-13(15(18)19)11-6-4-2/h13-14,16-17H,3-12H2,1-2H3,(H,18,19). The number of nitrogens with one attached hydrogen (secondary N) is 1. The molecule has 0 heterocycles. The summed E-state index contributed by atoms with van der Waals surface area (Å²) in [5.74, 6) is -0.865. The van der Waals surface area contributed by atoms with Crippen molar-refractivity contribution < 1.29 is 15.0 Å². The van der Waals surface area contributed by atoms with Gasteiger partial charge in [-0.3, -0.25) is 10.1 Å². The van der Waals surface area contributed by atoms with Gasteiger partial charge in [0.05, 0.1) is 0 Å². The van der Waals surface area contributed by atoms with Crippen LogP contribution in [0.5, 0.6) is 0 Å². The van der Waals surface area contributed by atoms with E-state index in [-0.39, 0.29) is 0 Å². The molecule has 19 heavy (non-hydrogen) atoms. The van der Waals surface area contributed by atoms with E-state index < -0.39 is 18.2 Å². The van der Waals surface area contributed by atoms with Crippen molar-refractivity contribution in [2.75, 3.05) is 0 Å². The zero-order chi connectivity index (χ0) is 14.5. The topological polar surface area (TPSA) is 69.6 Å². The maximum absolute atomic E-state index is 11.0. The second kappa shape index (κ2) is 12.4. The van der Waals surface area contributed by atoms with Crippen LogP contribution in [0, 0.1) is 0 Å². The van der Waals surface area contributed by atoms with Crippen molar-refractivity contribution in [3.8, 4) is 0 Å². The Kier molecular flexibility index (Phi) is 12.0. The van der Waals surface area contributed by atoms with Crippen molar-refractivity contribution in [3.05, 3.63) is 0 Å². The van der Waals surface area contributed by atoms with E-state index in [1.165, 1.54) is 25.7 Å². The van der Waals surface area contributed by atoms with Crippen LogP contribution in [0.25, 0.3) is 0 Å². The van der Waals surface area contributed by atoms with Crippen LogP contribution in [0.4, 0.5) is 0 Å². The number of unbranched alkanes of at least 4 members (excludes halogenated alkanes) is 6. The summed E-state index contributed by atoms with van der Waals surface area (Å²) < 4.78 is 0. The summed E-state index contributed by atoms with van der Waals surface area (Å²) in [6.45, 7) is 4.22. The van der Waals surface area contributed by atoms with E-state index in [2.05, 4.69) is 12.2 Å². The highest BCUT2D eigenvalue weighted by atomic mass is 16.4. The summed E-state index contributed by atoms with van der Waals surface area (Å²) >= 11 is 0. The molecular formula is C15H31NO3. The van der Waals surface area contributed by atoms with E-state index in [4.69, 9.17) is 5.11 Å². The Hall–Kier alpha value is -0.610. The summed E-state index contributed by atoms with van der Waals surface area (Å²) in [6, 6.07) is -0.616.